The zero-order valence-corrected chi connectivity index (χ0v) is 9.84. The molecule has 0 radical (unpaired) electrons. The number of nitrogens with one attached hydrogen (secondary N) is 1. The lowest BCUT2D eigenvalue weighted by molar-refractivity contribution is 0.0594. The molecule has 94 valence electrons. The predicted molar refractivity (Wildman–Crippen MR) is 61.2 cm³/mol. The molecule has 2 aromatic rings. The van der Waals surface area contributed by atoms with Gasteiger partial charge in [-0.1, -0.05) is 0 Å². The summed E-state index contributed by atoms with van der Waals surface area (Å²) in [6.45, 7) is 0. The Morgan fingerprint density at radius 3 is 2.89 bits per heavy atom. The van der Waals surface area contributed by atoms with Crippen LogP contribution in [0.25, 0.3) is 0 Å². The molecule has 0 aliphatic rings. The number of amides is 1. The van der Waals surface area contributed by atoms with Crippen LogP contribution in [0, 0.1) is 0 Å². The number of ether oxygens (including phenoxy) is 1. The fraction of sp³-hybridized carbons (Fsp3) is 0.182. The predicted octanol–water partition coefficient (Wildman–Crippen LogP) is 1.05. The van der Waals surface area contributed by atoms with Crippen molar-refractivity contribution in [1.29, 1.82) is 0 Å². The molecule has 7 heteroatoms. The number of carbonyl (C=O) groups is 2. The third kappa shape index (κ3) is 2.24. The fourth-order valence-electron chi connectivity index (χ4n) is 1.42. The zero-order chi connectivity index (χ0) is 13.1. The number of esters is 1. The van der Waals surface area contributed by atoms with Crippen molar-refractivity contribution in [2.24, 2.45) is 7.05 Å². The maximum absolute atomic E-state index is 11.8. The van der Waals surface area contributed by atoms with Crippen LogP contribution in [0.5, 0.6) is 0 Å². The lowest BCUT2D eigenvalue weighted by Gasteiger charge is -2.01. The Morgan fingerprint density at radius 2 is 2.28 bits per heavy atom. The van der Waals surface area contributed by atoms with E-state index in [9.17, 15) is 9.59 Å². The summed E-state index contributed by atoms with van der Waals surface area (Å²) in [5, 5.41) is 6.44. The minimum atomic E-state index is -0.620. The molecule has 0 saturated carbocycles. The van der Waals surface area contributed by atoms with Crippen LogP contribution in [-0.4, -0.2) is 28.8 Å². The molecule has 0 fully saturated rings. The molecule has 0 bridgehead atoms. The Balaban J connectivity index is 2.24. The molecule has 1 amide bonds. The van der Waals surface area contributed by atoms with Crippen LogP contribution < -0.4 is 5.32 Å². The molecule has 0 saturated heterocycles. The van der Waals surface area contributed by atoms with Crippen LogP contribution in [-0.2, 0) is 11.8 Å². The topological polar surface area (TPSA) is 86.4 Å². The number of nitrogens with zero attached hydrogens (tertiary/aromatic N) is 2. The molecular weight excluding hydrogens is 238 g/mol. The molecule has 1 N–H and O–H groups in total. The van der Waals surface area contributed by atoms with E-state index in [1.54, 1.807) is 13.1 Å². The second-order valence-corrected chi connectivity index (χ2v) is 3.49. The first-order chi connectivity index (χ1) is 8.61. The smallest absolute Gasteiger partial charge is 0.360 e. The summed E-state index contributed by atoms with van der Waals surface area (Å²) in [6, 6.07) is 3.11. The first-order valence-electron chi connectivity index (χ1n) is 5.08. The number of hydrogen-bond acceptors (Lipinski definition) is 5. The molecule has 7 nitrogen and oxygen atoms in total. The van der Waals surface area contributed by atoms with Gasteiger partial charge in [-0.2, -0.15) is 5.10 Å². The van der Waals surface area contributed by atoms with Gasteiger partial charge in [0.05, 0.1) is 19.1 Å². The van der Waals surface area contributed by atoms with E-state index in [-0.39, 0.29) is 17.1 Å². The third-order valence-electron chi connectivity index (χ3n) is 2.20. The summed E-state index contributed by atoms with van der Waals surface area (Å²) < 4.78 is 10.9. The number of rotatable bonds is 3. The van der Waals surface area contributed by atoms with Gasteiger partial charge in [0.15, 0.2) is 11.5 Å². The maximum Gasteiger partial charge on any atom is 0.360 e. The fourth-order valence-corrected chi connectivity index (χ4v) is 1.42. The van der Waals surface area contributed by atoms with E-state index in [1.807, 2.05) is 0 Å². The van der Waals surface area contributed by atoms with Gasteiger partial charge in [-0.25, -0.2) is 4.79 Å². The van der Waals surface area contributed by atoms with Crippen LogP contribution in [0.4, 0.5) is 5.69 Å². The van der Waals surface area contributed by atoms with E-state index < -0.39 is 11.9 Å². The van der Waals surface area contributed by atoms with E-state index in [0.29, 0.717) is 0 Å². The summed E-state index contributed by atoms with van der Waals surface area (Å²) in [7, 11) is 2.88. The molecule has 0 atom stereocenters. The SMILES string of the molecule is COC(=O)c1nn(C)cc1NC(=O)c1ccco1. The van der Waals surface area contributed by atoms with Crippen LogP contribution >= 0.6 is 0 Å². The molecule has 0 aliphatic carbocycles. The largest absolute Gasteiger partial charge is 0.464 e. The molecular formula is C11H11N3O4. The first-order valence-corrected chi connectivity index (χ1v) is 5.08. The Morgan fingerprint density at radius 1 is 1.50 bits per heavy atom. The van der Waals surface area contributed by atoms with E-state index in [2.05, 4.69) is 15.2 Å². The Kier molecular flexibility index (Phi) is 3.13. The molecule has 0 unspecified atom stereocenters. The van der Waals surface area contributed by atoms with Crippen molar-refractivity contribution in [1.82, 2.24) is 9.78 Å². The summed E-state index contributed by atoms with van der Waals surface area (Å²) in [4.78, 5) is 23.2. The number of carbonyl (C=O) groups excluding carboxylic acids is 2. The van der Waals surface area contributed by atoms with Gasteiger partial charge in [0.2, 0.25) is 0 Å². The van der Waals surface area contributed by atoms with Crippen molar-refractivity contribution in [3.05, 3.63) is 36.0 Å². The van der Waals surface area contributed by atoms with Gasteiger partial charge in [-0.05, 0) is 12.1 Å². The third-order valence-corrected chi connectivity index (χ3v) is 2.20. The number of aryl methyl sites for hydroxylation is 1. The highest BCUT2D eigenvalue weighted by atomic mass is 16.5. The monoisotopic (exact) mass is 249 g/mol. The Hall–Kier alpha value is -2.57. The lowest BCUT2D eigenvalue weighted by Crippen LogP contribution is -2.14. The lowest BCUT2D eigenvalue weighted by atomic mass is 10.3. The number of hydrogen-bond donors (Lipinski definition) is 1. The van der Waals surface area contributed by atoms with Gasteiger partial charge >= 0.3 is 5.97 Å². The molecule has 0 aliphatic heterocycles. The molecule has 2 aromatic heterocycles. The van der Waals surface area contributed by atoms with Gasteiger partial charge in [-0.3, -0.25) is 9.48 Å². The van der Waals surface area contributed by atoms with E-state index in [4.69, 9.17) is 4.42 Å². The van der Waals surface area contributed by atoms with Crippen molar-refractivity contribution >= 4 is 17.6 Å². The first kappa shape index (κ1) is 11.9. The average molecular weight is 249 g/mol. The van der Waals surface area contributed by atoms with Crippen LogP contribution in [0.2, 0.25) is 0 Å². The summed E-state index contributed by atoms with van der Waals surface area (Å²) in [5.41, 5.74) is 0.311. The molecule has 0 aromatic carbocycles. The van der Waals surface area contributed by atoms with E-state index >= 15 is 0 Å². The van der Waals surface area contributed by atoms with Gasteiger partial charge in [0.1, 0.15) is 0 Å². The Labute approximate surface area is 102 Å². The highest BCUT2D eigenvalue weighted by molar-refractivity contribution is 6.05. The second kappa shape index (κ2) is 4.74. The summed E-state index contributed by atoms with van der Waals surface area (Å²) >= 11 is 0. The van der Waals surface area contributed by atoms with Crippen LogP contribution in [0.1, 0.15) is 21.0 Å². The summed E-state index contributed by atoms with van der Waals surface area (Å²) in [6.07, 6.45) is 2.90. The maximum atomic E-state index is 11.8. The van der Waals surface area contributed by atoms with Gasteiger partial charge in [-0.15, -0.1) is 0 Å². The van der Waals surface area contributed by atoms with E-state index in [0.717, 1.165) is 0 Å². The zero-order valence-electron chi connectivity index (χ0n) is 9.84. The van der Waals surface area contributed by atoms with Crippen molar-refractivity contribution in [3.63, 3.8) is 0 Å². The van der Waals surface area contributed by atoms with Crippen molar-refractivity contribution in [2.45, 2.75) is 0 Å². The quantitative estimate of drug-likeness (QED) is 0.821. The number of aromatic nitrogens is 2. The Bertz CT molecular complexity index is 571. The second-order valence-electron chi connectivity index (χ2n) is 3.49. The molecule has 0 spiro atoms. The normalized spacial score (nSPS) is 10.1. The van der Waals surface area contributed by atoms with E-state index in [1.165, 1.54) is 30.3 Å². The minimum absolute atomic E-state index is 0.0416. The highest BCUT2D eigenvalue weighted by Gasteiger charge is 2.19. The highest BCUT2D eigenvalue weighted by Crippen LogP contribution is 2.15. The van der Waals surface area contributed by atoms with Crippen LogP contribution in [0.15, 0.2) is 29.0 Å². The number of anilines is 1. The number of furan rings is 1. The average Bonchev–Trinajstić information content (AvgIpc) is 2.97. The van der Waals surface area contributed by atoms with Crippen molar-refractivity contribution in [3.8, 4) is 0 Å². The molecule has 18 heavy (non-hydrogen) atoms. The molecule has 2 rings (SSSR count). The molecule has 2 heterocycles. The van der Waals surface area contributed by atoms with Gasteiger partial charge in [0.25, 0.3) is 5.91 Å². The number of methoxy groups -OCH3 is 1. The van der Waals surface area contributed by atoms with Gasteiger partial charge in [0, 0.05) is 13.2 Å². The summed E-state index contributed by atoms with van der Waals surface area (Å²) in [5.74, 6) is -0.932. The van der Waals surface area contributed by atoms with Gasteiger partial charge < -0.3 is 14.5 Å². The standard InChI is InChI=1S/C11H11N3O4/c1-14-6-7(9(13-14)11(16)17-2)12-10(15)8-4-3-5-18-8/h3-6H,1-2H3,(H,12,15). The van der Waals surface area contributed by atoms with Crippen molar-refractivity contribution in [2.75, 3.05) is 12.4 Å². The van der Waals surface area contributed by atoms with Crippen molar-refractivity contribution < 1.29 is 18.7 Å². The minimum Gasteiger partial charge on any atom is -0.464 e. The van der Waals surface area contributed by atoms with Crippen LogP contribution in [0.3, 0.4) is 0 Å².